The Hall–Kier alpha value is -3.03. The van der Waals surface area contributed by atoms with Crippen LogP contribution in [0.3, 0.4) is 0 Å². The largest absolute Gasteiger partial charge is 0.350 e. The van der Waals surface area contributed by atoms with Gasteiger partial charge in [-0.15, -0.1) is 0 Å². The Morgan fingerprint density at radius 1 is 1.12 bits per heavy atom. The van der Waals surface area contributed by atoms with Crippen LogP contribution in [-0.4, -0.2) is 42.3 Å². The lowest BCUT2D eigenvalue weighted by molar-refractivity contribution is -0.129. The predicted molar refractivity (Wildman–Crippen MR) is 91.9 cm³/mol. The number of nitrogens with one attached hydrogen (secondary N) is 4. The van der Waals surface area contributed by atoms with Crippen molar-refractivity contribution in [2.75, 3.05) is 6.54 Å². The van der Waals surface area contributed by atoms with E-state index in [0.717, 1.165) is 5.56 Å². The van der Waals surface area contributed by atoms with Crippen LogP contribution in [0.25, 0.3) is 0 Å². The van der Waals surface area contributed by atoms with Crippen molar-refractivity contribution in [1.29, 1.82) is 5.41 Å². The highest BCUT2D eigenvalue weighted by Crippen LogP contribution is 2.01. The third kappa shape index (κ3) is 8.40. The van der Waals surface area contributed by atoms with Crippen molar-refractivity contribution < 1.29 is 19.2 Å². The van der Waals surface area contributed by atoms with Crippen molar-refractivity contribution in [1.82, 2.24) is 16.0 Å². The highest BCUT2D eigenvalue weighted by molar-refractivity contribution is 6.26. The molecule has 0 aliphatic heterocycles. The molecule has 0 bridgehead atoms. The second-order valence-corrected chi connectivity index (χ2v) is 5.38. The zero-order chi connectivity index (χ0) is 18.7. The summed E-state index contributed by atoms with van der Waals surface area (Å²) in [6, 6.07) is 8.33. The molecule has 0 heterocycles. The second-order valence-electron chi connectivity index (χ2n) is 5.38. The summed E-state index contributed by atoms with van der Waals surface area (Å²) < 4.78 is 0. The molecule has 0 saturated carbocycles. The van der Waals surface area contributed by atoms with Gasteiger partial charge >= 0.3 is 0 Å². The average molecular weight is 346 g/mol. The summed E-state index contributed by atoms with van der Waals surface area (Å²) in [5.74, 6) is -1.76. The molecule has 3 amide bonds. The lowest BCUT2D eigenvalue weighted by Gasteiger charge is -2.18. The van der Waals surface area contributed by atoms with Gasteiger partial charge < -0.3 is 21.4 Å². The Balaban J connectivity index is 2.62. The van der Waals surface area contributed by atoms with Gasteiger partial charge in [0.05, 0.1) is 12.8 Å². The molecule has 0 aliphatic rings. The van der Waals surface area contributed by atoms with E-state index in [-0.39, 0.29) is 31.8 Å². The minimum atomic E-state index is -0.922. The van der Waals surface area contributed by atoms with Crippen LogP contribution in [0, 0.1) is 5.41 Å². The predicted octanol–water partition coefficient (Wildman–Crippen LogP) is -0.0774. The van der Waals surface area contributed by atoms with Crippen LogP contribution in [0.5, 0.6) is 0 Å². The highest BCUT2D eigenvalue weighted by atomic mass is 16.2. The van der Waals surface area contributed by atoms with Gasteiger partial charge in [0.15, 0.2) is 5.78 Å². The van der Waals surface area contributed by atoms with E-state index in [0.29, 0.717) is 6.21 Å². The summed E-state index contributed by atoms with van der Waals surface area (Å²) in [5, 5.41) is 14.4. The number of carbonyl (C=O) groups excluding carboxylic acids is 4. The Labute approximate surface area is 145 Å². The minimum absolute atomic E-state index is 0.0344. The number of rotatable bonds is 10. The lowest BCUT2D eigenvalue weighted by atomic mass is 10.1. The van der Waals surface area contributed by atoms with Crippen molar-refractivity contribution in [2.24, 2.45) is 0 Å². The summed E-state index contributed by atoms with van der Waals surface area (Å²) in [4.78, 5) is 46.2. The summed E-state index contributed by atoms with van der Waals surface area (Å²) in [6.45, 7) is 1.31. The fraction of sp³-hybridized carbons (Fsp3) is 0.353. The van der Waals surface area contributed by atoms with Crippen LogP contribution in [0.2, 0.25) is 0 Å². The van der Waals surface area contributed by atoms with Gasteiger partial charge in [0.1, 0.15) is 6.04 Å². The number of Topliss-reactive ketones (excluding diaryl/α,β-unsaturated/α-hetero) is 1. The van der Waals surface area contributed by atoms with Crippen LogP contribution < -0.4 is 16.0 Å². The van der Waals surface area contributed by atoms with Gasteiger partial charge in [-0.25, -0.2) is 0 Å². The molecule has 1 aromatic carbocycles. The van der Waals surface area contributed by atoms with Crippen molar-refractivity contribution in [3.63, 3.8) is 0 Å². The lowest BCUT2D eigenvalue weighted by Crippen LogP contribution is -2.49. The molecule has 25 heavy (non-hydrogen) atoms. The van der Waals surface area contributed by atoms with Crippen LogP contribution >= 0.6 is 0 Å². The fourth-order valence-corrected chi connectivity index (χ4v) is 1.99. The van der Waals surface area contributed by atoms with Gasteiger partial charge in [0, 0.05) is 19.9 Å². The van der Waals surface area contributed by atoms with Crippen LogP contribution in [-0.2, 0) is 25.7 Å². The molecule has 8 nitrogen and oxygen atoms in total. The second kappa shape index (κ2) is 10.7. The molecule has 1 rings (SSSR count). The Bertz CT molecular complexity index is 631. The standard InChI is InChI=1S/C17H22N4O4/c1-12(22)19-11-16(24)21-15(8-7-14(23)9-18)17(25)20-10-13-5-3-2-4-6-13/h2-6,9,15,18H,7-8,10-11H2,1H3,(H,19,22)(H,20,25)(H,21,24)/t15-/m0/s1. The number of carbonyl (C=O) groups is 4. The van der Waals surface area contributed by atoms with Gasteiger partial charge in [-0.2, -0.15) is 0 Å². The highest BCUT2D eigenvalue weighted by Gasteiger charge is 2.21. The third-order valence-corrected chi connectivity index (χ3v) is 3.30. The van der Waals surface area contributed by atoms with Gasteiger partial charge in [-0.05, 0) is 12.0 Å². The van der Waals surface area contributed by atoms with Gasteiger partial charge in [-0.1, -0.05) is 30.3 Å². The maximum Gasteiger partial charge on any atom is 0.242 e. The zero-order valence-corrected chi connectivity index (χ0v) is 14.0. The van der Waals surface area contributed by atoms with E-state index in [1.54, 1.807) is 0 Å². The van der Waals surface area contributed by atoms with E-state index >= 15 is 0 Å². The molecule has 0 aromatic heterocycles. The normalized spacial score (nSPS) is 11.1. The smallest absolute Gasteiger partial charge is 0.242 e. The summed E-state index contributed by atoms with van der Waals surface area (Å²) >= 11 is 0. The molecular weight excluding hydrogens is 324 g/mol. The van der Waals surface area contributed by atoms with Gasteiger partial charge in [0.25, 0.3) is 0 Å². The average Bonchev–Trinajstić information content (AvgIpc) is 2.61. The topological polar surface area (TPSA) is 128 Å². The van der Waals surface area contributed by atoms with E-state index < -0.39 is 23.6 Å². The van der Waals surface area contributed by atoms with Crippen LogP contribution in [0.15, 0.2) is 30.3 Å². The van der Waals surface area contributed by atoms with Crippen LogP contribution in [0.1, 0.15) is 25.3 Å². The first-order valence-corrected chi connectivity index (χ1v) is 7.81. The monoisotopic (exact) mass is 346 g/mol. The van der Waals surface area contributed by atoms with Crippen LogP contribution in [0.4, 0.5) is 0 Å². The Morgan fingerprint density at radius 2 is 1.80 bits per heavy atom. The molecule has 0 saturated heterocycles. The Kier molecular flexibility index (Phi) is 8.56. The number of ketones is 1. The molecular formula is C17H22N4O4. The number of amides is 3. The SMILES string of the molecule is CC(=O)NCC(=O)N[C@@H](CCC(=O)C=N)C(=O)NCc1ccccc1. The fourth-order valence-electron chi connectivity index (χ4n) is 1.99. The first-order valence-electron chi connectivity index (χ1n) is 7.81. The molecule has 0 aliphatic carbocycles. The molecule has 1 aromatic rings. The molecule has 0 fully saturated rings. The summed E-state index contributed by atoms with van der Waals surface area (Å²) in [7, 11) is 0. The first kappa shape index (κ1) is 20.0. The van der Waals surface area contributed by atoms with Crippen molar-refractivity contribution in [2.45, 2.75) is 32.4 Å². The van der Waals surface area contributed by atoms with E-state index in [1.165, 1.54) is 6.92 Å². The van der Waals surface area contributed by atoms with Gasteiger partial charge in [-0.3, -0.25) is 19.2 Å². The van der Waals surface area contributed by atoms with Crippen molar-refractivity contribution >= 4 is 29.7 Å². The van der Waals surface area contributed by atoms with E-state index in [4.69, 9.17) is 5.41 Å². The zero-order valence-electron chi connectivity index (χ0n) is 14.0. The van der Waals surface area contributed by atoms with E-state index in [9.17, 15) is 19.2 Å². The van der Waals surface area contributed by atoms with Crippen molar-refractivity contribution in [3.8, 4) is 0 Å². The van der Waals surface area contributed by atoms with E-state index in [1.807, 2.05) is 30.3 Å². The molecule has 8 heteroatoms. The summed E-state index contributed by atoms with van der Waals surface area (Å²) in [6.07, 6.45) is 0.714. The molecule has 0 spiro atoms. The van der Waals surface area contributed by atoms with Crippen molar-refractivity contribution in [3.05, 3.63) is 35.9 Å². The molecule has 0 unspecified atom stereocenters. The quantitative estimate of drug-likeness (QED) is 0.442. The summed E-state index contributed by atoms with van der Waals surface area (Å²) in [5.41, 5.74) is 0.898. The van der Waals surface area contributed by atoms with Gasteiger partial charge in [0.2, 0.25) is 17.7 Å². The molecule has 1 atom stereocenters. The first-order chi connectivity index (χ1) is 11.9. The maximum atomic E-state index is 12.3. The molecule has 4 N–H and O–H groups in total. The third-order valence-electron chi connectivity index (χ3n) is 3.30. The molecule has 0 radical (unpaired) electrons. The number of hydrogen-bond donors (Lipinski definition) is 4. The maximum absolute atomic E-state index is 12.3. The number of benzene rings is 1. The Morgan fingerprint density at radius 3 is 2.40 bits per heavy atom. The minimum Gasteiger partial charge on any atom is -0.350 e. The number of hydrogen-bond acceptors (Lipinski definition) is 5. The van der Waals surface area contributed by atoms with E-state index in [2.05, 4.69) is 16.0 Å². The molecule has 134 valence electrons.